The van der Waals surface area contributed by atoms with Gasteiger partial charge in [-0.3, -0.25) is 0 Å². The van der Waals surface area contributed by atoms with Crippen LogP contribution in [0.3, 0.4) is 0 Å². The molecular formula is C16H20N4O. The monoisotopic (exact) mass is 284 g/mol. The van der Waals surface area contributed by atoms with Crippen LogP contribution >= 0.6 is 0 Å². The molecule has 2 atom stereocenters. The highest BCUT2D eigenvalue weighted by Crippen LogP contribution is 2.34. The summed E-state index contributed by atoms with van der Waals surface area (Å²) in [4.78, 5) is 11.3. The zero-order valence-corrected chi connectivity index (χ0v) is 12.0. The van der Waals surface area contributed by atoms with Crippen LogP contribution in [0.25, 0.3) is 10.9 Å². The maximum absolute atomic E-state index is 5.96. The lowest BCUT2D eigenvalue weighted by molar-refractivity contribution is -0.00887. The van der Waals surface area contributed by atoms with Crippen molar-refractivity contribution in [2.75, 3.05) is 23.8 Å². The molecule has 1 aromatic heterocycles. The van der Waals surface area contributed by atoms with Gasteiger partial charge in [-0.25, -0.2) is 9.97 Å². The summed E-state index contributed by atoms with van der Waals surface area (Å²) in [5.74, 6) is 1.03. The number of rotatable bonds is 1. The van der Waals surface area contributed by atoms with E-state index in [4.69, 9.17) is 10.5 Å². The second-order valence-electron chi connectivity index (χ2n) is 5.93. The number of fused-ring (bicyclic) bond motifs is 2. The van der Waals surface area contributed by atoms with Crippen molar-refractivity contribution in [2.24, 2.45) is 0 Å². The van der Waals surface area contributed by atoms with Gasteiger partial charge < -0.3 is 15.4 Å². The molecule has 2 unspecified atom stereocenters. The molecule has 21 heavy (non-hydrogen) atoms. The van der Waals surface area contributed by atoms with E-state index in [2.05, 4.69) is 14.9 Å². The lowest BCUT2D eigenvalue weighted by Crippen LogP contribution is -2.53. The highest BCUT2D eigenvalue weighted by molar-refractivity contribution is 5.91. The van der Waals surface area contributed by atoms with Crippen LogP contribution in [0.4, 0.5) is 11.5 Å². The Hall–Kier alpha value is -1.88. The summed E-state index contributed by atoms with van der Waals surface area (Å²) in [5.41, 5.74) is 7.52. The van der Waals surface area contributed by atoms with Gasteiger partial charge in [-0.1, -0.05) is 12.8 Å². The number of aromatic nitrogens is 2. The molecule has 2 aromatic rings. The molecule has 2 aliphatic rings. The topological polar surface area (TPSA) is 64.3 Å². The Morgan fingerprint density at radius 2 is 2.10 bits per heavy atom. The molecular weight excluding hydrogens is 264 g/mol. The van der Waals surface area contributed by atoms with Gasteiger partial charge in [0.2, 0.25) is 0 Å². The molecule has 0 spiro atoms. The predicted octanol–water partition coefficient (Wildman–Crippen LogP) is 2.36. The van der Waals surface area contributed by atoms with E-state index in [-0.39, 0.29) is 0 Å². The first-order valence-electron chi connectivity index (χ1n) is 7.71. The first kappa shape index (κ1) is 12.8. The molecule has 5 nitrogen and oxygen atoms in total. The fraction of sp³-hybridized carbons (Fsp3) is 0.500. The van der Waals surface area contributed by atoms with Crippen molar-refractivity contribution in [3.63, 3.8) is 0 Å². The molecule has 0 radical (unpaired) electrons. The third kappa shape index (κ3) is 2.21. The number of anilines is 2. The molecule has 110 valence electrons. The lowest BCUT2D eigenvalue weighted by atomic mass is 9.90. The van der Waals surface area contributed by atoms with Crippen molar-refractivity contribution in [3.8, 4) is 0 Å². The molecule has 0 amide bonds. The molecule has 4 rings (SSSR count). The number of morpholine rings is 1. The molecule has 1 saturated carbocycles. The fourth-order valence-electron chi connectivity index (χ4n) is 3.65. The van der Waals surface area contributed by atoms with E-state index in [0.29, 0.717) is 12.1 Å². The first-order valence-corrected chi connectivity index (χ1v) is 7.71. The SMILES string of the molecule is Nc1ccc2c(N3CCOC4CCCCC43)ncnc2c1. The van der Waals surface area contributed by atoms with Gasteiger partial charge in [0.05, 0.1) is 24.3 Å². The van der Waals surface area contributed by atoms with Crippen LogP contribution in [0.15, 0.2) is 24.5 Å². The van der Waals surface area contributed by atoms with Gasteiger partial charge in [-0.15, -0.1) is 0 Å². The highest BCUT2D eigenvalue weighted by Gasteiger charge is 2.35. The van der Waals surface area contributed by atoms with Gasteiger partial charge in [0.25, 0.3) is 0 Å². The van der Waals surface area contributed by atoms with Crippen molar-refractivity contribution in [1.82, 2.24) is 9.97 Å². The van der Waals surface area contributed by atoms with Crippen LogP contribution in [0.5, 0.6) is 0 Å². The van der Waals surface area contributed by atoms with E-state index in [0.717, 1.165) is 42.0 Å². The Morgan fingerprint density at radius 1 is 1.19 bits per heavy atom. The summed E-state index contributed by atoms with van der Waals surface area (Å²) in [6.45, 7) is 1.68. The second kappa shape index (κ2) is 5.15. The summed E-state index contributed by atoms with van der Waals surface area (Å²) in [6.07, 6.45) is 6.89. The number of benzene rings is 1. The van der Waals surface area contributed by atoms with E-state index in [1.54, 1.807) is 6.33 Å². The van der Waals surface area contributed by atoms with Crippen LogP contribution in [0, 0.1) is 0 Å². The summed E-state index contributed by atoms with van der Waals surface area (Å²) >= 11 is 0. The first-order chi connectivity index (χ1) is 10.3. The van der Waals surface area contributed by atoms with Crippen molar-refractivity contribution >= 4 is 22.4 Å². The lowest BCUT2D eigenvalue weighted by Gasteiger charge is -2.44. The molecule has 5 heteroatoms. The fourth-order valence-corrected chi connectivity index (χ4v) is 3.65. The Bertz CT molecular complexity index is 658. The van der Waals surface area contributed by atoms with Crippen molar-refractivity contribution in [1.29, 1.82) is 0 Å². The van der Waals surface area contributed by atoms with Crippen LogP contribution in [0.2, 0.25) is 0 Å². The van der Waals surface area contributed by atoms with E-state index in [9.17, 15) is 0 Å². The zero-order valence-electron chi connectivity index (χ0n) is 12.0. The molecule has 1 saturated heterocycles. The summed E-state index contributed by atoms with van der Waals surface area (Å²) in [6, 6.07) is 6.32. The minimum atomic E-state index is 0.353. The minimum absolute atomic E-state index is 0.353. The number of nitrogens with two attached hydrogens (primary N) is 1. The average molecular weight is 284 g/mol. The van der Waals surface area contributed by atoms with Gasteiger partial charge in [-0.2, -0.15) is 0 Å². The van der Waals surface area contributed by atoms with Crippen molar-refractivity contribution < 1.29 is 4.74 Å². The Labute approximate surface area is 124 Å². The Kier molecular flexibility index (Phi) is 3.15. The largest absolute Gasteiger partial charge is 0.399 e. The second-order valence-corrected chi connectivity index (χ2v) is 5.93. The molecule has 1 aliphatic carbocycles. The predicted molar refractivity (Wildman–Crippen MR) is 83.3 cm³/mol. The third-order valence-corrected chi connectivity index (χ3v) is 4.64. The van der Waals surface area contributed by atoms with E-state index < -0.39 is 0 Å². The average Bonchev–Trinajstić information content (AvgIpc) is 2.53. The van der Waals surface area contributed by atoms with E-state index in [1.165, 1.54) is 19.3 Å². The van der Waals surface area contributed by atoms with Gasteiger partial charge in [0, 0.05) is 17.6 Å². The minimum Gasteiger partial charge on any atom is -0.399 e. The standard InChI is InChI=1S/C16H20N4O/c17-11-5-6-12-13(9-11)18-10-19-16(12)20-7-8-21-15-4-2-1-3-14(15)20/h5-6,9-10,14-15H,1-4,7-8,17H2. The van der Waals surface area contributed by atoms with Crippen LogP contribution in [0.1, 0.15) is 25.7 Å². The maximum atomic E-state index is 5.96. The van der Waals surface area contributed by atoms with Gasteiger partial charge in [0.15, 0.2) is 0 Å². The molecule has 1 aromatic carbocycles. The zero-order chi connectivity index (χ0) is 14.2. The van der Waals surface area contributed by atoms with Crippen LogP contribution in [-0.4, -0.2) is 35.3 Å². The maximum Gasteiger partial charge on any atom is 0.140 e. The Balaban J connectivity index is 1.78. The molecule has 2 N–H and O–H groups in total. The number of hydrogen-bond donors (Lipinski definition) is 1. The molecule has 0 bridgehead atoms. The third-order valence-electron chi connectivity index (χ3n) is 4.64. The van der Waals surface area contributed by atoms with Crippen LogP contribution < -0.4 is 10.6 Å². The number of nitrogens with zero attached hydrogens (tertiary/aromatic N) is 3. The van der Waals surface area contributed by atoms with Gasteiger partial charge >= 0.3 is 0 Å². The van der Waals surface area contributed by atoms with Crippen LogP contribution in [-0.2, 0) is 4.74 Å². The summed E-state index contributed by atoms with van der Waals surface area (Å²) in [7, 11) is 0. The highest BCUT2D eigenvalue weighted by atomic mass is 16.5. The molecule has 1 aliphatic heterocycles. The van der Waals surface area contributed by atoms with E-state index >= 15 is 0 Å². The normalized spacial score (nSPS) is 25.8. The molecule has 2 heterocycles. The van der Waals surface area contributed by atoms with E-state index in [1.807, 2.05) is 18.2 Å². The van der Waals surface area contributed by atoms with Gasteiger partial charge in [0.1, 0.15) is 12.1 Å². The summed E-state index contributed by atoms with van der Waals surface area (Å²) in [5, 5.41) is 1.08. The Morgan fingerprint density at radius 3 is 3.05 bits per heavy atom. The number of hydrogen-bond acceptors (Lipinski definition) is 5. The molecule has 2 fully saturated rings. The van der Waals surface area contributed by atoms with Crippen molar-refractivity contribution in [3.05, 3.63) is 24.5 Å². The smallest absolute Gasteiger partial charge is 0.140 e. The van der Waals surface area contributed by atoms with Gasteiger partial charge in [-0.05, 0) is 31.0 Å². The van der Waals surface area contributed by atoms with Crippen molar-refractivity contribution in [2.45, 2.75) is 37.8 Å². The summed E-state index contributed by atoms with van der Waals surface area (Å²) < 4.78 is 5.96. The number of nitrogen functional groups attached to an aromatic ring is 1. The quantitative estimate of drug-likeness (QED) is 0.814. The number of ether oxygens (including phenoxy) is 1.